The summed E-state index contributed by atoms with van der Waals surface area (Å²) in [4.78, 5) is 25.6. The number of hydrogen-bond donors (Lipinski definition) is 1. The van der Waals surface area contributed by atoms with Crippen molar-refractivity contribution in [2.45, 2.75) is 90.4 Å². The highest BCUT2D eigenvalue weighted by molar-refractivity contribution is 5.89. The number of aliphatic hydroxyl groups excluding tert-OH is 1. The van der Waals surface area contributed by atoms with Gasteiger partial charge in [-0.2, -0.15) is 0 Å². The van der Waals surface area contributed by atoms with E-state index in [2.05, 4.69) is 13.8 Å². The van der Waals surface area contributed by atoms with Crippen LogP contribution in [0.4, 0.5) is 0 Å². The number of fused-ring (bicyclic) bond motifs is 5. The zero-order chi connectivity index (χ0) is 28.1. The Labute approximate surface area is 238 Å². The highest BCUT2D eigenvalue weighted by Crippen LogP contribution is 2.68. The Morgan fingerprint density at radius 2 is 1.50 bits per heavy atom. The number of aliphatic hydroxyl groups is 1. The minimum Gasteiger partial charge on any atom is -0.459 e. The fourth-order valence-electron chi connectivity index (χ4n) is 9.95. The molecule has 4 fully saturated rings. The van der Waals surface area contributed by atoms with Crippen LogP contribution in [0.3, 0.4) is 0 Å². The van der Waals surface area contributed by atoms with Crippen LogP contribution in [-0.2, 0) is 9.47 Å². The molecule has 6 rings (SSSR count). The molecule has 2 aromatic rings. The molecule has 4 aliphatic carbocycles. The molecule has 0 spiro atoms. The van der Waals surface area contributed by atoms with Gasteiger partial charge in [0.25, 0.3) is 0 Å². The average molecular weight is 545 g/mol. The molecule has 0 aliphatic heterocycles. The number of rotatable bonds is 5. The molecule has 0 heterocycles. The predicted molar refractivity (Wildman–Crippen MR) is 154 cm³/mol. The van der Waals surface area contributed by atoms with Gasteiger partial charge in [0.05, 0.1) is 17.2 Å². The van der Waals surface area contributed by atoms with Gasteiger partial charge in [0.1, 0.15) is 12.2 Å². The molecule has 0 saturated heterocycles. The minimum absolute atomic E-state index is 0.0391. The van der Waals surface area contributed by atoms with Crippen molar-refractivity contribution in [3.63, 3.8) is 0 Å². The molecule has 0 unspecified atom stereocenters. The average Bonchev–Trinajstić information content (AvgIpc) is 3.30. The number of ether oxygens (including phenoxy) is 2. The van der Waals surface area contributed by atoms with Gasteiger partial charge in [-0.15, -0.1) is 0 Å². The first-order valence-corrected chi connectivity index (χ1v) is 15.4. The fourth-order valence-corrected chi connectivity index (χ4v) is 9.95. The Bertz CT molecular complexity index is 1210. The normalized spacial score (nSPS) is 39.2. The SMILES string of the molecule is C[C@H](OC(=O)c1ccccc1)[C@@H]1CC[C@@H]2[C@@H]3CC[C@@H]4C[C@H](OC(=O)c5ccccc5)CC[C@]4(C)[C@@H]3[C@H](O)C[C@@]21C. The monoisotopic (exact) mass is 544 g/mol. The van der Waals surface area contributed by atoms with Crippen molar-refractivity contribution in [2.24, 2.45) is 40.4 Å². The largest absolute Gasteiger partial charge is 0.459 e. The summed E-state index contributed by atoms with van der Waals surface area (Å²) in [6.07, 6.45) is 7.33. The van der Waals surface area contributed by atoms with Gasteiger partial charge in [-0.05, 0) is 117 Å². The standard InChI is InChI=1S/C35H44O5/c1-22(39-32(37)23-10-6-4-7-11-23)28-16-17-29-27-15-14-25-20-26(40-33(38)24-12-8-5-9-13-24)18-19-34(25,2)31(27)30(36)21-35(28,29)3/h4-13,22,25-31,36H,14-21H2,1-3H3/t22-,25+,26+,27-,28-,29+,30+,31-,34-,35+/m0/s1. The molecule has 0 amide bonds. The summed E-state index contributed by atoms with van der Waals surface area (Å²) < 4.78 is 12.0. The Kier molecular flexibility index (Phi) is 7.31. The summed E-state index contributed by atoms with van der Waals surface area (Å²) in [5, 5.41) is 11.8. The van der Waals surface area contributed by atoms with Crippen molar-refractivity contribution < 1.29 is 24.2 Å². The quantitative estimate of drug-likeness (QED) is 0.407. The van der Waals surface area contributed by atoms with Crippen molar-refractivity contribution >= 4 is 11.9 Å². The molecular formula is C35H44O5. The third-order valence-corrected chi connectivity index (χ3v) is 11.8. The van der Waals surface area contributed by atoms with Crippen LogP contribution in [-0.4, -0.2) is 35.4 Å². The summed E-state index contributed by atoms with van der Waals surface area (Å²) in [6, 6.07) is 18.5. The molecule has 4 saturated carbocycles. The highest BCUT2D eigenvalue weighted by Gasteiger charge is 2.64. The first-order valence-electron chi connectivity index (χ1n) is 15.4. The fraction of sp³-hybridized carbons (Fsp3) is 0.600. The Morgan fingerprint density at radius 1 is 0.850 bits per heavy atom. The van der Waals surface area contributed by atoms with E-state index < -0.39 is 0 Å². The molecule has 2 aromatic carbocycles. The van der Waals surface area contributed by atoms with E-state index in [0.29, 0.717) is 28.9 Å². The zero-order valence-corrected chi connectivity index (χ0v) is 24.1. The summed E-state index contributed by atoms with van der Waals surface area (Å²) in [5.74, 6) is 1.52. The smallest absolute Gasteiger partial charge is 0.338 e. The zero-order valence-electron chi connectivity index (χ0n) is 24.1. The number of esters is 2. The number of carbonyl (C=O) groups excluding carboxylic acids is 2. The van der Waals surface area contributed by atoms with E-state index in [1.54, 1.807) is 12.1 Å². The van der Waals surface area contributed by atoms with Crippen molar-refractivity contribution in [3.8, 4) is 0 Å². The number of benzene rings is 2. The molecule has 40 heavy (non-hydrogen) atoms. The maximum absolute atomic E-state index is 12.8. The van der Waals surface area contributed by atoms with E-state index >= 15 is 0 Å². The first kappa shape index (κ1) is 27.5. The Morgan fingerprint density at radius 3 is 2.17 bits per heavy atom. The minimum atomic E-state index is -0.361. The summed E-state index contributed by atoms with van der Waals surface area (Å²) in [6.45, 7) is 6.82. The highest BCUT2D eigenvalue weighted by atomic mass is 16.5. The van der Waals surface area contributed by atoms with Crippen molar-refractivity contribution in [1.82, 2.24) is 0 Å². The molecule has 0 bridgehead atoms. The van der Waals surface area contributed by atoms with Crippen LogP contribution in [0, 0.1) is 40.4 Å². The lowest BCUT2D eigenvalue weighted by Gasteiger charge is -2.62. The lowest BCUT2D eigenvalue weighted by molar-refractivity contribution is -0.182. The number of carbonyl (C=O) groups is 2. The van der Waals surface area contributed by atoms with E-state index in [1.165, 1.54) is 0 Å². The van der Waals surface area contributed by atoms with E-state index in [9.17, 15) is 14.7 Å². The Hall–Kier alpha value is -2.66. The van der Waals surface area contributed by atoms with Crippen molar-refractivity contribution in [1.29, 1.82) is 0 Å². The van der Waals surface area contributed by atoms with Gasteiger partial charge in [-0.25, -0.2) is 9.59 Å². The van der Waals surface area contributed by atoms with Gasteiger partial charge >= 0.3 is 11.9 Å². The van der Waals surface area contributed by atoms with Gasteiger partial charge in [-0.3, -0.25) is 0 Å². The lowest BCUT2D eigenvalue weighted by atomic mass is 9.43. The maximum atomic E-state index is 12.8. The van der Waals surface area contributed by atoms with Gasteiger partial charge in [-0.1, -0.05) is 50.2 Å². The van der Waals surface area contributed by atoms with Gasteiger partial charge in [0.2, 0.25) is 0 Å². The van der Waals surface area contributed by atoms with E-state index in [-0.39, 0.29) is 52.9 Å². The van der Waals surface area contributed by atoms with E-state index in [1.807, 2.05) is 55.5 Å². The van der Waals surface area contributed by atoms with Crippen LogP contribution < -0.4 is 0 Å². The summed E-state index contributed by atoms with van der Waals surface area (Å²) >= 11 is 0. The third kappa shape index (κ3) is 4.68. The van der Waals surface area contributed by atoms with Crippen LogP contribution >= 0.6 is 0 Å². The second-order valence-electron chi connectivity index (χ2n) is 13.7. The van der Waals surface area contributed by atoms with Crippen LogP contribution in [0.2, 0.25) is 0 Å². The molecular weight excluding hydrogens is 500 g/mol. The Balaban J connectivity index is 1.14. The molecule has 0 radical (unpaired) electrons. The second kappa shape index (κ2) is 10.6. The van der Waals surface area contributed by atoms with Crippen molar-refractivity contribution in [2.75, 3.05) is 0 Å². The lowest BCUT2D eigenvalue weighted by Crippen LogP contribution is -2.59. The molecule has 1 N–H and O–H groups in total. The summed E-state index contributed by atoms with van der Waals surface area (Å²) in [7, 11) is 0. The molecule has 214 valence electrons. The molecule has 10 atom stereocenters. The van der Waals surface area contributed by atoms with Gasteiger partial charge < -0.3 is 14.6 Å². The molecule has 5 heteroatoms. The van der Waals surface area contributed by atoms with Crippen LogP contribution in [0.15, 0.2) is 60.7 Å². The van der Waals surface area contributed by atoms with Crippen molar-refractivity contribution in [3.05, 3.63) is 71.8 Å². The summed E-state index contributed by atoms with van der Waals surface area (Å²) in [5.41, 5.74) is 1.22. The van der Waals surface area contributed by atoms with Crippen LogP contribution in [0.25, 0.3) is 0 Å². The van der Waals surface area contributed by atoms with E-state index in [4.69, 9.17) is 9.47 Å². The topological polar surface area (TPSA) is 72.8 Å². The van der Waals surface area contributed by atoms with Gasteiger partial charge in [0, 0.05) is 5.92 Å². The first-order chi connectivity index (χ1) is 19.2. The number of hydrogen-bond acceptors (Lipinski definition) is 5. The van der Waals surface area contributed by atoms with Crippen LogP contribution in [0.1, 0.15) is 92.9 Å². The third-order valence-electron chi connectivity index (χ3n) is 11.8. The van der Waals surface area contributed by atoms with Crippen LogP contribution in [0.5, 0.6) is 0 Å². The predicted octanol–water partition coefficient (Wildman–Crippen LogP) is 7.09. The van der Waals surface area contributed by atoms with Gasteiger partial charge in [0.15, 0.2) is 0 Å². The molecule has 4 aliphatic rings. The molecule has 0 aromatic heterocycles. The second-order valence-corrected chi connectivity index (χ2v) is 13.7. The molecule has 5 nitrogen and oxygen atoms in total. The maximum Gasteiger partial charge on any atom is 0.338 e. The van der Waals surface area contributed by atoms with E-state index in [0.717, 1.165) is 51.4 Å².